The molecule has 0 saturated carbocycles. The summed E-state index contributed by atoms with van der Waals surface area (Å²) in [7, 11) is 3.96. The molecule has 4 nitrogen and oxygen atoms in total. The van der Waals surface area contributed by atoms with Crippen LogP contribution in [0.5, 0.6) is 0 Å². The molecule has 0 aliphatic carbocycles. The molecule has 15 heavy (non-hydrogen) atoms. The second-order valence-electron chi connectivity index (χ2n) is 4.80. The van der Waals surface area contributed by atoms with Crippen molar-refractivity contribution in [2.75, 3.05) is 20.6 Å². The zero-order chi connectivity index (χ0) is 12.1. The van der Waals surface area contributed by atoms with Gasteiger partial charge < -0.3 is 16.0 Å². The molecule has 0 aromatic carbocycles. The van der Waals surface area contributed by atoms with E-state index in [4.69, 9.17) is 5.73 Å². The van der Waals surface area contributed by atoms with Gasteiger partial charge in [-0.05, 0) is 34.4 Å². The third-order valence-electron chi connectivity index (χ3n) is 2.30. The van der Waals surface area contributed by atoms with Gasteiger partial charge in [0.1, 0.15) is 0 Å². The first-order chi connectivity index (χ1) is 6.79. The van der Waals surface area contributed by atoms with E-state index in [1.54, 1.807) is 6.92 Å². The van der Waals surface area contributed by atoms with Gasteiger partial charge in [-0.25, -0.2) is 0 Å². The summed E-state index contributed by atoms with van der Waals surface area (Å²) in [5, 5.41) is 2.93. The van der Waals surface area contributed by atoms with Crippen LogP contribution in [0, 0.1) is 0 Å². The van der Waals surface area contributed by atoms with Crippen LogP contribution in [-0.2, 0) is 4.79 Å². The molecule has 1 amide bonds. The second-order valence-corrected chi connectivity index (χ2v) is 4.80. The van der Waals surface area contributed by atoms with Crippen LogP contribution in [-0.4, -0.2) is 43.0 Å². The number of hydrogen-bond donors (Lipinski definition) is 2. The maximum atomic E-state index is 11.8. The van der Waals surface area contributed by atoms with Crippen molar-refractivity contribution in [3.05, 3.63) is 0 Å². The first kappa shape index (κ1) is 14.4. The number of nitrogens with two attached hydrogens (primary N) is 1. The molecule has 0 bridgehead atoms. The zero-order valence-electron chi connectivity index (χ0n) is 10.6. The van der Waals surface area contributed by atoms with Crippen LogP contribution in [0.25, 0.3) is 0 Å². The van der Waals surface area contributed by atoms with Gasteiger partial charge in [-0.3, -0.25) is 4.79 Å². The maximum absolute atomic E-state index is 11.8. The number of likely N-dealkylation sites (N-methyl/N-ethyl adjacent to an activating group) is 1. The smallest absolute Gasteiger partial charge is 0.240 e. The van der Waals surface area contributed by atoms with E-state index in [0.29, 0.717) is 6.42 Å². The minimum Gasteiger partial charge on any atom is -0.351 e. The number of rotatable bonds is 6. The summed E-state index contributed by atoms with van der Waals surface area (Å²) >= 11 is 0. The van der Waals surface area contributed by atoms with Crippen molar-refractivity contribution >= 4 is 5.91 Å². The first-order valence-corrected chi connectivity index (χ1v) is 5.54. The summed E-state index contributed by atoms with van der Waals surface area (Å²) < 4.78 is 0. The van der Waals surface area contributed by atoms with Gasteiger partial charge in [0, 0.05) is 12.6 Å². The Morgan fingerprint density at radius 1 is 1.53 bits per heavy atom. The fraction of sp³-hybridized carbons (Fsp3) is 0.909. The highest BCUT2D eigenvalue weighted by Gasteiger charge is 2.27. The number of carbonyl (C=O) groups excluding carboxylic acids is 1. The van der Waals surface area contributed by atoms with Crippen molar-refractivity contribution in [1.29, 1.82) is 0 Å². The molecular formula is C11H25N3O. The van der Waals surface area contributed by atoms with Crippen molar-refractivity contribution in [2.45, 2.75) is 45.2 Å². The van der Waals surface area contributed by atoms with E-state index in [2.05, 4.69) is 5.32 Å². The number of amides is 1. The average Bonchev–Trinajstić information content (AvgIpc) is 2.01. The SMILES string of the molecule is CCCC(C)(N)C(=O)NC(C)CN(C)C. The molecule has 2 atom stereocenters. The molecule has 0 radical (unpaired) electrons. The fourth-order valence-electron chi connectivity index (χ4n) is 1.61. The summed E-state index contributed by atoms with van der Waals surface area (Å²) in [6, 6.07) is 0.132. The molecule has 0 rings (SSSR count). The predicted octanol–water partition coefficient (Wildman–Crippen LogP) is 0.570. The van der Waals surface area contributed by atoms with Crippen LogP contribution in [0.4, 0.5) is 0 Å². The van der Waals surface area contributed by atoms with Crippen LogP contribution >= 0.6 is 0 Å². The van der Waals surface area contributed by atoms with Gasteiger partial charge in [0.15, 0.2) is 0 Å². The Kier molecular flexibility index (Phi) is 5.83. The highest BCUT2D eigenvalue weighted by Crippen LogP contribution is 2.08. The van der Waals surface area contributed by atoms with Gasteiger partial charge in [-0.2, -0.15) is 0 Å². The third-order valence-corrected chi connectivity index (χ3v) is 2.30. The molecule has 0 spiro atoms. The molecular weight excluding hydrogens is 190 g/mol. The Morgan fingerprint density at radius 2 is 2.07 bits per heavy atom. The van der Waals surface area contributed by atoms with Crippen LogP contribution in [0.3, 0.4) is 0 Å². The number of nitrogens with zero attached hydrogens (tertiary/aromatic N) is 1. The maximum Gasteiger partial charge on any atom is 0.240 e. The van der Waals surface area contributed by atoms with Crippen molar-refractivity contribution in [1.82, 2.24) is 10.2 Å². The Balaban J connectivity index is 4.11. The minimum atomic E-state index is -0.741. The zero-order valence-corrected chi connectivity index (χ0v) is 10.6. The summed E-state index contributed by atoms with van der Waals surface area (Å²) in [5.41, 5.74) is 5.18. The normalized spacial score (nSPS) is 17.3. The fourth-order valence-corrected chi connectivity index (χ4v) is 1.61. The lowest BCUT2D eigenvalue weighted by atomic mass is 9.96. The van der Waals surface area contributed by atoms with Crippen LogP contribution in [0.15, 0.2) is 0 Å². The van der Waals surface area contributed by atoms with E-state index >= 15 is 0 Å². The standard InChI is InChI=1S/C11H25N3O/c1-6-7-11(3,12)10(15)13-9(2)8-14(4)5/h9H,6-8,12H2,1-5H3,(H,13,15). The van der Waals surface area contributed by atoms with Crippen LogP contribution in [0.2, 0.25) is 0 Å². The Labute approximate surface area is 93.2 Å². The molecule has 0 aliphatic heterocycles. The van der Waals surface area contributed by atoms with Crippen LogP contribution in [0.1, 0.15) is 33.6 Å². The van der Waals surface area contributed by atoms with Gasteiger partial charge in [-0.1, -0.05) is 13.3 Å². The van der Waals surface area contributed by atoms with Crippen molar-refractivity contribution < 1.29 is 4.79 Å². The van der Waals surface area contributed by atoms with Gasteiger partial charge in [0.25, 0.3) is 0 Å². The molecule has 0 heterocycles. The second kappa shape index (κ2) is 6.08. The minimum absolute atomic E-state index is 0.0568. The molecule has 0 saturated heterocycles. The Hall–Kier alpha value is -0.610. The highest BCUT2D eigenvalue weighted by atomic mass is 16.2. The lowest BCUT2D eigenvalue weighted by Crippen LogP contribution is -2.55. The lowest BCUT2D eigenvalue weighted by Gasteiger charge is -2.26. The third kappa shape index (κ3) is 5.74. The topological polar surface area (TPSA) is 58.4 Å². The Morgan fingerprint density at radius 3 is 2.47 bits per heavy atom. The van der Waals surface area contributed by atoms with E-state index < -0.39 is 5.54 Å². The highest BCUT2D eigenvalue weighted by molar-refractivity contribution is 5.85. The molecule has 4 heteroatoms. The van der Waals surface area contributed by atoms with Gasteiger partial charge >= 0.3 is 0 Å². The Bertz CT molecular complexity index is 202. The van der Waals surface area contributed by atoms with Crippen molar-refractivity contribution in [2.24, 2.45) is 5.73 Å². The summed E-state index contributed by atoms with van der Waals surface area (Å²) in [6.45, 7) is 6.63. The first-order valence-electron chi connectivity index (χ1n) is 5.54. The predicted molar refractivity (Wildman–Crippen MR) is 63.7 cm³/mol. The van der Waals surface area contributed by atoms with Gasteiger partial charge in [0.2, 0.25) is 5.91 Å². The van der Waals surface area contributed by atoms with E-state index in [-0.39, 0.29) is 11.9 Å². The van der Waals surface area contributed by atoms with E-state index in [1.165, 1.54) is 0 Å². The number of hydrogen-bond acceptors (Lipinski definition) is 3. The largest absolute Gasteiger partial charge is 0.351 e. The number of nitrogens with one attached hydrogen (secondary N) is 1. The van der Waals surface area contributed by atoms with E-state index in [9.17, 15) is 4.79 Å². The lowest BCUT2D eigenvalue weighted by molar-refractivity contribution is -0.126. The molecule has 0 fully saturated rings. The van der Waals surface area contributed by atoms with Crippen LogP contribution < -0.4 is 11.1 Å². The monoisotopic (exact) mass is 215 g/mol. The van der Waals surface area contributed by atoms with E-state index in [0.717, 1.165) is 13.0 Å². The molecule has 2 unspecified atom stereocenters. The quantitative estimate of drug-likeness (QED) is 0.681. The molecule has 0 aromatic rings. The summed E-state index contributed by atoms with van der Waals surface area (Å²) in [6.07, 6.45) is 1.63. The van der Waals surface area contributed by atoms with Gasteiger partial charge in [-0.15, -0.1) is 0 Å². The molecule has 3 N–H and O–H groups in total. The molecule has 0 aliphatic rings. The molecule has 90 valence electrons. The van der Waals surface area contributed by atoms with Gasteiger partial charge in [0.05, 0.1) is 5.54 Å². The number of carbonyl (C=O) groups is 1. The summed E-state index contributed by atoms with van der Waals surface area (Å²) in [4.78, 5) is 13.8. The van der Waals surface area contributed by atoms with Crippen molar-refractivity contribution in [3.8, 4) is 0 Å². The average molecular weight is 215 g/mol. The summed E-state index contributed by atoms with van der Waals surface area (Å²) in [5.74, 6) is -0.0568. The molecule has 0 aromatic heterocycles. The van der Waals surface area contributed by atoms with E-state index in [1.807, 2.05) is 32.8 Å². The van der Waals surface area contributed by atoms with Crippen molar-refractivity contribution in [3.63, 3.8) is 0 Å².